The summed E-state index contributed by atoms with van der Waals surface area (Å²) in [6.07, 6.45) is -1.12. The first-order chi connectivity index (χ1) is 13.4. The van der Waals surface area contributed by atoms with Crippen molar-refractivity contribution in [2.24, 2.45) is 5.73 Å². The number of hydrogen-bond acceptors (Lipinski definition) is 8. The highest BCUT2D eigenvalue weighted by atomic mass is 32.1. The molecule has 0 saturated heterocycles. The van der Waals surface area contributed by atoms with Gasteiger partial charge in [0.1, 0.15) is 18.2 Å². The third-order valence-electron chi connectivity index (χ3n) is 3.88. The number of fused-ring (bicyclic) bond motifs is 1. The van der Waals surface area contributed by atoms with Gasteiger partial charge in [-0.25, -0.2) is 4.79 Å². The monoisotopic (exact) mass is 406 g/mol. The van der Waals surface area contributed by atoms with Crippen LogP contribution in [0, 0.1) is 0 Å². The molecule has 1 aromatic heterocycles. The fourth-order valence-corrected chi connectivity index (χ4v) is 3.28. The van der Waals surface area contributed by atoms with Crippen LogP contribution in [0.15, 0.2) is 23.6 Å². The molecule has 3 rings (SSSR count). The van der Waals surface area contributed by atoms with Gasteiger partial charge in [0.25, 0.3) is 11.8 Å². The molecule has 1 atom stereocenters. The van der Waals surface area contributed by atoms with Gasteiger partial charge < -0.3 is 30.0 Å². The van der Waals surface area contributed by atoms with Crippen molar-refractivity contribution in [3.05, 3.63) is 34.7 Å². The van der Waals surface area contributed by atoms with E-state index in [1.165, 1.54) is 32.2 Å². The van der Waals surface area contributed by atoms with E-state index in [9.17, 15) is 14.4 Å². The minimum atomic E-state index is -1.12. The fraction of sp³-hybridized carbons (Fsp3) is 0.278. The van der Waals surface area contributed by atoms with E-state index in [1.54, 1.807) is 5.38 Å². The van der Waals surface area contributed by atoms with Crippen LogP contribution in [-0.2, 0) is 9.53 Å². The van der Waals surface area contributed by atoms with Gasteiger partial charge in [0.15, 0.2) is 17.6 Å². The number of ether oxygens (including phenoxy) is 4. The average Bonchev–Trinajstić information content (AvgIpc) is 3.15. The molecule has 0 bridgehead atoms. The fourth-order valence-electron chi connectivity index (χ4n) is 2.49. The van der Waals surface area contributed by atoms with E-state index >= 15 is 0 Å². The quantitative estimate of drug-likeness (QED) is 0.701. The zero-order valence-electron chi connectivity index (χ0n) is 15.1. The number of carbonyl (C=O) groups excluding carboxylic acids is 3. The van der Waals surface area contributed by atoms with Crippen molar-refractivity contribution in [2.45, 2.75) is 13.0 Å². The van der Waals surface area contributed by atoms with E-state index in [0.717, 1.165) is 11.3 Å². The summed E-state index contributed by atoms with van der Waals surface area (Å²) in [4.78, 5) is 36.1. The van der Waals surface area contributed by atoms with Gasteiger partial charge in [0, 0.05) is 0 Å². The maximum absolute atomic E-state index is 12.5. The van der Waals surface area contributed by atoms with Crippen molar-refractivity contribution in [3.8, 4) is 17.2 Å². The Kier molecular flexibility index (Phi) is 5.69. The van der Waals surface area contributed by atoms with Crippen LogP contribution >= 0.6 is 11.3 Å². The number of nitrogens with one attached hydrogen (secondary N) is 1. The SMILES string of the molecule is COc1cc(C(=O)O[C@H](C)C(=O)Nc2sccc2C(N)=O)cc2c1OCCO2. The van der Waals surface area contributed by atoms with Crippen LogP contribution in [0.4, 0.5) is 5.00 Å². The molecule has 2 heterocycles. The Labute approximate surface area is 164 Å². The molecule has 2 amide bonds. The molecule has 1 aliphatic heterocycles. The number of benzene rings is 1. The van der Waals surface area contributed by atoms with E-state index in [4.69, 9.17) is 24.7 Å². The Morgan fingerprint density at radius 2 is 2.00 bits per heavy atom. The molecule has 0 fully saturated rings. The van der Waals surface area contributed by atoms with Crippen LogP contribution in [0.1, 0.15) is 27.6 Å². The molecule has 2 aromatic rings. The minimum Gasteiger partial charge on any atom is -0.493 e. The second-order valence-electron chi connectivity index (χ2n) is 5.77. The maximum atomic E-state index is 12.5. The lowest BCUT2D eigenvalue weighted by Crippen LogP contribution is -2.30. The summed E-state index contributed by atoms with van der Waals surface area (Å²) in [6, 6.07) is 4.42. The molecule has 1 aromatic carbocycles. The summed E-state index contributed by atoms with van der Waals surface area (Å²) >= 11 is 1.14. The van der Waals surface area contributed by atoms with E-state index in [1.807, 2.05) is 0 Å². The number of amides is 2. The number of primary amides is 1. The summed E-state index contributed by atoms with van der Waals surface area (Å²) in [5, 5.41) is 4.44. The number of hydrogen-bond donors (Lipinski definition) is 2. The van der Waals surface area contributed by atoms with E-state index in [2.05, 4.69) is 5.32 Å². The summed E-state index contributed by atoms with van der Waals surface area (Å²) in [6.45, 7) is 2.14. The first-order valence-corrected chi connectivity index (χ1v) is 9.15. The van der Waals surface area contributed by atoms with Gasteiger partial charge in [-0.05, 0) is 30.5 Å². The topological polar surface area (TPSA) is 126 Å². The molecule has 0 spiro atoms. The Bertz CT molecular complexity index is 907. The van der Waals surface area contributed by atoms with Gasteiger partial charge in [0.05, 0.1) is 18.2 Å². The predicted molar refractivity (Wildman–Crippen MR) is 100 cm³/mol. The van der Waals surface area contributed by atoms with Crippen LogP contribution in [0.3, 0.4) is 0 Å². The number of anilines is 1. The zero-order valence-corrected chi connectivity index (χ0v) is 16.0. The number of methoxy groups -OCH3 is 1. The number of rotatable bonds is 6. The Morgan fingerprint density at radius 3 is 2.71 bits per heavy atom. The normalized spacial score (nSPS) is 13.4. The molecule has 0 saturated carbocycles. The third-order valence-corrected chi connectivity index (χ3v) is 4.71. The summed E-state index contributed by atoms with van der Waals surface area (Å²) in [5.74, 6) is -0.898. The Morgan fingerprint density at radius 1 is 1.25 bits per heavy atom. The molecule has 10 heteroatoms. The lowest BCUT2D eigenvalue weighted by molar-refractivity contribution is -0.123. The van der Waals surface area contributed by atoms with Crippen molar-refractivity contribution < 1.29 is 33.3 Å². The lowest BCUT2D eigenvalue weighted by atomic mass is 10.1. The highest BCUT2D eigenvalue weighted by Gasteiger charge is 2.25. The number of nitrogens with two attached hydrogens (primary N) is 1. The first kappa shape index (κ1) is 19.5. The second kappa shape index (κ2) is 8.17. The molecular weight excluding hydrogens is 388 g/mol. The van der Waals surface area contributed by atoms with Crippen molar-refractivity contribution >= 4 is 34.1 Å². The smallest absolute Gasteiger partial charge is 0.339 e. The molecule has 0 unspecified atom stereocenters. The standard InChI is InChI=1S/C18H18N2O7S/c1-9(16(22)20-17-11(15(19)21)3-6-28-17)27-18(23)10-7-12(24-2)14-13(8-10)25-4-5-26-14/h3,6-9H,4-5H2,1-2H3,(H2,19,21)(H,20,22)/t9-/m1/s1. The molecule has 1 aliphatic rings. The minimum absolute atomic E-state index is 0.148. The highest BCUT2D eigenvalue weighted by molar-refractivity contribution is 7.14. The van der Waals surface area contributed by atoms with Gasteiger partial charge in [-0.2, -0.15) is 0 Å². The molecule has 0 aliphatic carbocycles. The van der Waals surface area contributed by atoms with Crippen LogP contribution in [0.25, 0.3) is 0 Å². The van der Waals surface area contributed by atoms with Crippen LogP contribution < -0.4 is 25.3 Å². The van der Waals surface area contributed by atoms with Crippen LogP contribution in [-0.4, -0.2) is 44.2 Å². The zero-order chi connectivity index (χ0) is 20.3. The molecule has 28 heavy (non-hydrogen) atoms. The van der Waals surface area contributed by atoms with Gasteiger partial charge in [0.2, 0.25) is 5.75 Å². The van der Waals surface area contributed by atoms with Crippen molar-refractivity contribution in [1.29, 1.82) is 0 Å². The van der Waals surface area contributed by atoms with Gasteiger partial charge in [-0.15, -0.1) is 11.3 Å². The number of thiophene rings is 1. The predicted octanol–water partition coefficient (Wildman–Crippen LogP) is 1.81. The second-order valence-corrected chi connectivity index (χ2v) is 6.68. The average molecular weight is 406 g/mol. The van der Waals surface area contributed by atoms with Crippen molar-refractivity contribution in [1.82, 2.24) is 0 Å². The van der Waals surface area contributed by atoms with E-state index < -0.39 is 23.9 Å². The van der Waals surface area contributed by atoms with Crippen molar-refractivity contribution in [2.75, 3.05) is 25.6 Å². The summed E-state index contributed by atoms with van der Waals surface area (Å²) in [5.41, 5.74) is 5.58. The third kappa shape index (κ3) is 4.01. The van der Waals surface area contributed by atoms with Crippen LogP contribution in [0.2, 0.25) is 0 Å². The summed E-state index contributed by atoms with van der Waals surface area (Å²) < 4.78 is 21.4. The largest absolute Gasteiger partial charge is 0.493 e. The van der Waals surface area contributed by atoms with E-state index in [-0.39, 0.29) is 11.1 Å². The molecule has 0 radical (unpaired) electrons. The first-order valence-electron chi connectivity index (χ1n) is 8.27. The molecule has 148 valence electrons. The van der Waals surface area contributed by atoms with E-state index in [0.29, 0.717) is 35.5 Å². The number of esters is 1. The molecular formula is C18H18N2O7S. The van der Waals surface area contributed by atoms with Crippen LogP contribution in [0.5, 0.6) is 17.2 Å². The maximum Gasteiger partial charge on any atom is 0.339 e. The van der Waals surface area contributed by atoms with Gasteiger partial charge in [-0.3, -0.25) is 9.59 Å². The Hall–Kier alpha value is -3.27. The molecule has 9 nitrogen and oxygen atoms in total. The van der Waals surface area contributed by atoms with Crippen molar-refractivity contribution in [3.63, 3.8) is 0 Å². The molecule has 3 N–H and O–H groups in total. The van der Waals surface area contributed by atoms with Gasteiger partial charge >= 0.3 is 5.97 Å². The Balaban J connectivity index is 1.71. The number of carbonyl (C=O) groups is 3. The lowest BCUT2D eigenvalue weighted by Gasteiger charge is -2.21. The summed E-state index contributed by atoms with van der Waals surface area (Å²) in [7, 11) is 1.44. The van der Waals surface area contributed by atoms with Gasteiger partial charge in [-0.1, -0.05) is 0 Å². The highest BCUT2D eigenvalue weighted by Crippen LogP contribution is 2.40.